The molecule has 7 heteroatoms. The molecule has 0 saturated heterocycles. The third-order valence-electron chi connectivity index (χ3n) is 6.47. The number of benzene rings is 2. The molecule has 0 aliphatic carbocycles. The zero-order chi connectivity index (χ0) is 25.8. The van der Waals surface area contributed by atoms with Crippen molar-refractivity contribution < 1.29 is 13.6 Å². The molecule has 2 aromatic carbocycles. The molecule has 2 N–H and O–H groups in total. The zero-order valence-electron chi connectivity index (χ0n) is 20.9. The molecule has 1 atom stereocenters. The van der Waals surface area contributed by atoms with E-state index >= 15 is 0 Å². The normalized spacial score (nSPS) is 12.3. The lowest BCUT2D eigenvalue weighted by Gasteiger charge is -2.35. The lowest BCUT2D eigenvalue weighted by molar-refractivity contribution is 0.0577. The molecule has 0 fully saturated rings. The monoisotopic (exact) mass is 489 g/mol. The fraction of sp³-hybridized carbons (Fsp3) is 0.310. The highest BCUT2D eigenvalue weighted by Crippen LogP contribution is 2.34. The van der Waals surface area contributed by atoms with Crippen molar-refractivity contribution in [2.24, 2.45) is 18.7 Å². The van der Waals surface area contributed by atoms with Crippen LogP contribution in [0.1, 0.15) is 53.7 Å². The van der Waals surface area contributed by atoms with Crippen molar-refractivity contribution in [2.75, 3.05) is 13.1 Å². The Morgan fingerprint density at radius 1 is 1.11 bits per heavy atom. The molecule has 4 rings (SSSR count). The van der Waals surface area contributed by atoms with Crippen LogP contribution in [0.5, 0.6) is 0 Å². The number of nitrogens with two attached hydrogens (primary N) is 1. The van der Waals surface area contributed by atoms with Crippen LogP contribution in [0.15, 0.2) is 76.1 Å². The molecule has 0 unspecified atom stereocenters. The second kappa shape index (κ2) is 10.9. The maximum absolute atomic E-state index is 14.1. The summed E-state index contributed by atoms with van der Waals surface area (Å²) in [6, 6.07) is 16.6. The van der Waals surface area contributed by atoms with Gasteiger partial charge in [0.05, 0.1) is 11.4 Å². The summed E-state index contributed by atoms with van der Waals surface area (Å²) in [7, 11) is 1.82. The Morgan fingerprint density at radius 3 is 2.50 bits per heavy atom. The average Bonchev–Trinajstić information content (AvgIpc) is 3.29. The number of carbonyl (C=O) groups is 1. The summed E-state index contributed by atoms with van der Waals surface area (Å²) < 4.78 is 22.3. The van der Waals surface area contributed by atoms with Crippen molar-refractivity contribution in [3.63, 3.8) is 0 Å². The van der Waals surface area contributed by atoms with Gasteiger partial charge in [-0.2, -0.15) is 0 Å². The molecule has 0 bridgehead atoms. The van der Waals surface area contributed by atoms with Gasteiger partial charge in [-0.1, -0.05) is 44.2 Å². The van der Waals surface area contributed by atoms with Crippen molar-refractivity contribution in [3.05, 3.63) is 105 Å². The van der Waals surface area contributed by atoms with Gasteiger partial charge >= 0.3 is 0 Å². The van der Waals surface area contributed by atoms with Crippen LogP contribution >= 0.6 is 0 Å². The summed E-state index contributed by atoms with van der Waals surface area (Å²) in [5.41, 5.74) is 7.72. The van der Waals surface area contributed by atoms with E-state index in [-0.39, 0.29) is 22.8 Å². The Balaban J connectivity index is 1.94. The van der Waals surface area contributed by atoms with E-state index in [0.717, 1.165) is 5.56 Å². The first kappa shape index (κ1) is 25.4. The molecule has 0 spiro atoms. The number of carbonyl (C=O) groups excluding carboxylic acids is 1. The van der Waals surface area contributed by atoms with Gasteiger partial charge in [-0.3, -0.25) is 9.59 Å². The summed E-state index contributed by atoms with van der Waals surface area (Å²) in [6.45, 7) is 4.77. The van der Waals surface area contributed by atoms with E-state index in [4.69, 9.17) is 10.2 Å². The number of halogens is 1. The number of fused-ring (bicyclic) bond motifs is 1. The van der Waals surface area contributed by atoms with Gasteiger partial charge in [0.15, 0.2) is 5.43 Å². The number of rotatable bonds is 9. The maximum atomic E-state index is 14.1. The number of amides is 1. The van der Waals surface area contributed by atoms with E-state index < -0.39 is 11.9 Å². The van der Waals surface area contributed by atoms with Crippen LogP contribution < -0.4 is 11.2 Å². The van der Waals surface area contributed by atoms with E-state index in [0.29, 0.717) is 48.3 Å². The SMILES string of the molecule is CC(C)[C@H](c1oc2cc(F)ccc2c(=O)c1Cc1ccccc1)N(CCCN)C(=O)c1cccn1C. The zero-order valence-corrected chi connectivity index (χ0v) is 20.9. The van der Waals surface area contributed by atoms with Crippen LogP contribution in [-0.2, 0) is 13.5 Å². The lowest BCUT2D eigenvalue weighted by Crippen LogP contribution is -2.40. The van der Waals surface area contributed by atoms with Crippen LogP contribution in [0.4, 0.5) is 4.39 Å². The fourth-order valence-corrected chi connectivity index (χ4v) is 4.69. The molecule has 0 aliphatic heterocycles. The molecule has 0 radical (unpaired) electrons. The van der Waals surface area contributed by atoms with E-state index in [2.05, 4.69) is 0 Å². The predicted molar refractivity (Wildman–Crippen MR) is 139 cm³/mol. The number of hydrogen-bond donors (Lipinski definition) is 1. The molecular formula is C29H32FN3O3. The summed E-state index contributed by atoms with van der Waals surface area (Å²) in [4.78, 5) is 29.3. The quantitative estimate of drug-likeness (QED) is 0.357. The van der Waals surface area contributed by atoms with Crippen molar-refractivity contribution in [2.45, 2.75) is 32.7 Å². The minimum Gasteiger partial charge on any atom is -0.458 e. The fourth-order valence-electron chi connectivity index (χ4n) is 4.69. The van der Waals surface area contributed by atoms with Crippen LogP contribution in [0.2, 0.25) is 0 Å². The number of aromatic nitrogens is 1. The molecular weight excluding hydrogens is 457 g/mol. The summed E-state index contributed by atoms with van der Waals surface area (Å²) in [6.07, 6.45) is 2.73. The minimum absolute atomic E-state index is 0.101. The van der Waals surface area contributed by atoms with Crippen molar-refractivity contribution in [1.29, 1.82) is 0 Å². The minimum atomic E-state index is -0.557. The highest BCUT2D eigenvalue weighted by Gasteiger charge is 2.34. The number of hydrogen-bond acceptors (Lipinski definition) is 4. The Kier molecular flexibility index (Phi) is 7.70. The van der Waals surface area contributed by atoms with E-state index in [1.165, 1.54) is 18.2 Å². The van der Waals surface area contributed by atoms with Gasteiger partial charge in [-0.05, 0) is 48.7 Å². The number of aryl methyl sites for hydroxylation is 1. The van der Waals surface area contributed by atoms with Gasteiger partial charge in [0.2, 0.25) is 0 Å². The van der Waals surface area contributed by atoms with Gasteiger partial charge in [-0.25, -0.2) is 4.39 Å². The van der Waals surface area contributed by atoms with Gasteiger partial charge in [0, 0.05) is 37.8 Å². The molecule has 2 aromatic heterocycles. The lowest BCUT2D eigenvalue weighted by atomic mass is 9.92. The smallest absolute Gasteiger partial charge is 0.271 e. The van der Waals surface area contributed by atoms with Crippen LogP contribution in [0.3, 0.4) is 0 Å². The standard InChI is InChI=1S/C29H32FN3O3/c1-19(2)26(33(16-8-14-31)29(35)24-11-7-15-32(24)3)28-23(17-20-9-5-4-6-10-20)27(34)22-13-12-21(30)18-25(22)36-28/h4-7,9-13,15,18-19,26H,8,14,16-17,31H2,1-3H3/t26-/m1/s1. The van der Waals surface area contributed by atoms with E-state index in [1.54, 1.807) is 15.5 Å². The third-order valence-corrected chi connectivity index (χ3v) is 6.47. The summed E-state index contributed by atoms with van der Waals surface area (Å²) >= 11 is 0. The molecule has 2 heterocycles. The molecule has 4 aromatic rings. The molecule has 1 amide bonds. The first-order chi connectivity index (χ1) is 17.3. The van der Waals surface area contributed by atoms with Crippen molar-refractivity contribution in [1.82, 2.24) is 9.47 Å². The van der Waals surface area contributed by atoms with Crippen molar-refractivity contribution >= 4 is 16.9 Å². The number of nitrogens with zero attached hydrogens (tertiary/aromatic N) is 2. The molecule has 36 heavy (non-hydrogen) atoms. The van der Waals surface area contributed by atoms with Gasteiger partial charge < -0.3 is 19.6 Å². The Bertz CT molecular complexity index is 1410. The summed E-state index contributed by atoms with van der Waals surface area (Å²) in [5, 5.41) is 0.316. The Morgan fingerprint density at radius 2 is 1.86 bits per heavy atom. The first-order valence-corrected chi connectivity index (χ1v) is 12.2. The Labute approximate surface area is 210 Å². The topological polar surface area (TPSA) is 81.5 Å². The van der Waals surface area contributed by atoms with E-state index in [9.17, 15) is 14.0 Å². The molecule has 0 aliphatic rings. The largest absolute Gasteiger partial charge is 0.458 e. The van der Waals surface area contributed by atoms with Gasteiger partial charge in [0.1, 0.15) is 22.9 Å². The second-order valence-electron chi connectivity index (χ2n) is 9.41. The summed E-state index contributed by atoms with van der Waals surface area (Å²) in [5.74, 6) is -0.386. The second-order valence-corrected chi connectivity index (χ2v) is 9.41. The van der Waals surface area contributed by atoms with Crippen molar-refractivity contribution in [3.8, 4) is 0 Å². The average molecular weight is 490 g/mol. The molecule has 6 nitrogen and oxygen atoms in total. The predicted octanol–water partition coefficient (Wildman–Crippen LogP) is 5.05. The van der Waals surface area contributed by atoms with Crippen LogP contribution in [-0.4, -0.2) is 28.5 Å². The maximum Gasteiger partial charge on any atom is 0.271 e. The first-order valence-electron chi connectivity index (χ1n) is 12.2. The van der Waals surface area contributed by atoms with Gasteiger partial charge in [-0.15, -0.1) is 0 Å². The Hall–Kier alpha value is -3.71. The van der Waals surface area contributed by atoms with E-state index in [1.807, 2.05) is 63.5 Å². The highest BCUT2D eigenvalue weighted by molar-refractivity contribution is 5.93. The van der Waals surface area contributed by atoms with Gasteiger partial charge in [0.25, 0.3) is 5.91 Å². The highest BCUT2D eigenvalue weighted by atomic mass is 19.1. The molecule has 188 valence electrons. The van der Waals surface area contributed by atoms with Crippen LogP contribution in [0.25, 0.3) is 11.0 Å². The van der Waals surface area contributed by atoms with Crippen LogP contribution in [0, 0.1) is 11.7 Å². The molecule has 0 saturated carbocycles. The third kappa shape index (κ3) is 5.11.